The number of benzene rings is 1. The summed E-state index contributed by atoms with van der Waals surface area (Å²) in [6.45, 7) is 1.79. The fourth-order valence-electron chi connectivity index (χ4n) is 1.25. The summed E-state index contributed by atoms with van der Waals surface area (Å²) in [6.07, 6.45) is 0. The monoisotopic (exact) mass is 223 g/mol. The van der Waals surface area contributed by atoms with Gasteiger partial charge in [-0.2, -0.15) is 0 Å². The molecule has 5 nitrogen and oxygen atoms in total. The first-order chi connectivity index (χ1) is 7.60. The Hall–Kier alpha value is -2.04. The van der Waals surface area contributed by atoms with Crippen molar-refractivity contribution < 1.29 is 19.5 Å². The zero-order valence-electron chi connectivity index (χ0n) is 9.35. The lowest BCUT2D eigenvalue weighted by atomic mass is 10.0. The lowest BCUT2D eigenvalue weighted by molar-refractivity contribution is -0.132. The first-order valence-electron chi connectivity index (χ1n) is 4.59. The second kappa shape index (κ2) is 5.16. The molecular formula is C11H13NO4. The van der Waals surface area contributed by atoms with Gasteiger partial charge in [-0.15, -0.1) is 0 Å². The van der Waals surface area contributed by atoms with E-state index in [-0.39, 0.29) is 11.5 Å². The van der Waals surface area contributed by atoms with Gasteiger partial charge in [0.1, 0.15) is 12.9 Å². The Balaban J connectivity index is 3.26. The topological polar surface area (TPSA) is 68.1 Å². The molecule has 0 heterocycles. The van der Waals surface area contributed by atoms with Gasteiger partial charge in [0, 0.05) is 5.56 Å². The lowest BCUT2D eigenvalue weighted by Gasteiger charge is -2.07. The number of hydrogen-bond acceptors (Lipinski definition) is 5. The number of rotatable bonds is 3. The number of aryl methyl sites for hydroxylation is 1. The molecule has 0 bridgehead atoms. The van der Waals surface area contributed by atoms with Gasteiger partial charge in [0.2, 0.25) is 0 Å². The van der Waals surface area contributed by atoms with E-state index in [4.69, 9.17) is 0 Å². The number of ether oxygens (including phenoxy) is 1. The molecule has 86 valence electrons. The number of carbonyl (C=O) groups is 1. The fraction of sp³-hybridized carbons (Fsp3) is 0.273. The predicted molar refractivity (Wildman–Crippen MR) is 58.4 cm³/mol. The molecule has 1 aromatic carbocycles. The van der Waals surface area contributed by atoms with Crippen LogP contribution in [0.25, 0.3) is 0 Å². The zero-order chi connectivity index (χ0) is 12.1. The van der Waals surface area contributed by atoms with E-state index < -0.39 is 5.97 Å². The molecule has 0 amide bonds. The molecule has 1 aromatic rings. The largest absolute Gasteiger partial charge is 0.508 e. The molecule has 16 heavy (non-hydrogen) atoms. The van der Waals surface area contributed by atoms with Crippen molar-refractivity contribution in [1.82, 2.24) is 0 Å². The summed E-state index contributed by atoms with van der Waals surface area (Å²) in [4.78, 5) is 16.0. The summed E-state index contributed by atoms with van der Waals surface area (Å²) in [5.74, 6) is -0.566. The number of phenols is 1. The lowest BCUT2D eigenvalue weighted by Crippen LogP contribution is -2.18. The van der Waals surface area contributed by atoms with Gasteiger partial charge in [0.05, 0.1) is 7.11 Å². The molecule has 0 aliphatic carbocycles. The van der Waals surface area contributed by atoms with E-state index in [9.17, 15) is 9.90 Å². The van der Waals surface area contributed by atoms with E-state index in [2.05, 4.69) is 14.7 Å². The molecule has 0 atom stereocenters. The summed E-state index contributed by atoms with van der Waals surface area (Å²) >= 11 is 0. The molecule has 0 saturated carbocycles. The van der Waals surface area contributed by atoms with Crippen LogP contribution in [0.1, 0.15) is 11.1 Å². The van der Waals surface area contributed by atoms with E-state index >= 15 is 0 Å². The molecule has 0 aliphatic heterocycles. The van der Waals surface area contributed by atoms with Crippen molar-refractivity contribution >= 4 is 11.7 Å². The summed E-state index contributed by atoms with van der Waals surface area (Å²) in [7, 11) is 2.59. The number of nitrogens with zero attached hydrogens (tertiary/aromatic N) is 1. The van der Waals surface area contributed by atoms with Crippen LogP contribution >= 0.6 is 0 Å². The Morgan fingerprint density at radius 2 is 2.06 bits per heavy atom. The van der Waals surface area contributed by atoms with E-state index in [0.29, 0.717) is 5.56 Å². The average Bonchev–Trinajstić information content (AvgIpc) is 2.28. The number of methoxy groups -OCH3 is 1. The first-order valence-corrected chi connectivity index (χ1v) is 4.59. The highest BCUT2D eigenvalue weighted by molar-refractivity contribution is 6.43. The minimum Gasteiger partial charge on any atom is -0.508 e. The SMILES string of the molecule is CO/N=C(/C(=O)OC)c1cc(O)ccc1C. The van der Waals surface area contributed by atoms with E-state index in [1.54, 1.807) is 13.0 Å². The number of oxime groups is 1. The van der Waals surface area contributed by atoms with E-state index in [0.717, 1.165) is 5.56 Å². The van der Waals surface area contributed by atoms with Crippen LogP contribution in [0.5, 0.6) is 5.75 Å². The predicted octanol–water partition coefficient (Wildman–Crippen LogP) is 1.22. The second-order valence-corrected chi connectivity index (χ2v) is 3.11. The average molecular weight is 223 g/mol. The van der Waals surface area contributed by atoms with Crippen LogP contribution in [0, 0.1) is 6.92 Å². The molecule has 5 heteroatoms. The van der Waals surface area contributed by atoms with Crippen molar-refractivity contribution in [2.24, 2.45) is 5.16 Å². The van der Waals surface area contributed by atoms with Gasteiger partial charge in [-0.3, -0.25) is 0 Å². The molecule has 0 aromatic heterocycles. The highest BCUT2D eigenvalue weighted by Gasteiger charge is 2.18. The van der Waals surface area contributed by atoms with Gasteiger partial charge in [0.25, 0.3) is 0 Å². The molecule has 0 spiro atoms. The van der Waals surface area contributed by atoms with Crippen LogP contribution in [0.15, 0.2) is 23.4 Å². The molecular weight excluding hydrogens is 210 g/mol. The van der Waals surface area contributed by atoms with E-state index in [1.807, 2.05) is 0 Å². The quantitative estimate of drug-likeness (QED) is 0.475. The number of aromatic hydroxyl groups is 1. The van der Waals surface area contributed by atoms with Gasteiger partial charge >= 0.3 is 5.97 Å². The van der Waals surface area contributed by atoms with Crippen molar-refractivity contribution in [3.63, 3.8) is 0 Å². The number of hydrogen-bond donors (Lipinski definition) is 1. The van der Waals surface area contributed by atoms with Gasteiger partial charge in [-0.05, 0) is 24.6 Å². The fourth-order valence-corrected chi connectivity index (χ4v) is 1.25. The Morgan fingerprint density at radius 3 is 2.62 bits per heavy atom. The third kappa shape index (κ3) is 2.50. The normalized spacial score (nSPS) is 11.1. The Labute approximate surface area is 93.3 Å². The van der Waals surface area contributed by atoms with Gasteiger partial charge in [0.15, 0.2) is 5.71 Å². The van der Waals surface area contributed by atoms with Crippen LogP contribution in [0.4, 0.5) is 0 Å². The molecule has 0 saturated heterocycles. The molecule has 0 unspecified atom stereocenters. The van der Waals surface area contributed by atoms with Crippen molar-refractivity contribution in [3.05, 3.63) is 29.3 Å². The summed E-state index contributed by atoms with van der Waals surface area (Å²) in [5.41, 5.74) is 1.30. The zero-order valence-corrected chi connectivity index (χ0v) is 9.35. The Bertz CT molecular complexity index is 426. The highest BCUT2D eigenvalue weighted by Crippen LogP contribution is 2.17. The van der Waals surface area contributed by atoms with Crippen LogP contribution in [-0.2, 0) is 14.4 Å². The second-order valence-electron chi connectivity index (χ2n) is 3.11. The van der Waals surface area contributed by atoms with Crippen molar-refractivity contribution in [2.75, 3.05) is 14.2 Å². The van der Waals surface area contributed by atoms with Crippen LogP contribution in [-0.4, -0.2) is 31.0 Å². The maximum atomic E-state index is 11.5. The summed E-state index contributed by atoms with van der Waals surface area (Å²) in [5, 5.41) is 13.0. The third-order valence-electron chi connectivity index (χ3n) is 2.04. The minimum absolute atomic E-state index is 0.0263. The van der Waals surface area contributed by atoms with Crippen LogP contribution in [0.3, 0.4) is 0 Å². The van der Waals surface area contributed by atoms with E-state index in [1.165, 1.54) is 26.4 Å². The molecule has 1 rings (SSSR count). The van der Waals surface area contributed by atoms with Gasteiger partial charge in [-0.1, -0.05) is 11.2 Å². The third-order valence-corrected chi connectivity index (χ3v) is 2.04. The van der Waals surface area contributed by atoms with Crippen molar-refractivity contribution in [1.29, 1.82) is 0 Å². The Kier molecular flexibility index (Phi) is 3.88. The smallest absolute Gasteiger partial charge is 0.360 e. The first kappa shape index (κ1) is 12.0. The number of carbonyl (C=O) groups excluding carboxylic acids is 1. The van der Waals surface area contributed by atoms with Crippen LogP contribution < -0.4 is 0 Å². The number of phenolic OH excluding ortho intramolecular Hbond substituents is 1. The maximum Gasteiger partial charge on any atom is 0.360 e. The van der Waals surface area contributed by atoms with Crippen molar-refractivity contribution in [2.45, 2.75) is 6.92 Å². The van der Waals surface area contributed by atoms with Gasteiger partial charge in [-0.25, -0.2) is 4.79 Å². The van der Waals surface area contributed by atoms with Crippen LogP contribution in [0.2, 0.25) is 0 Å². The number of esters is 1. The molecule has 1 N–H and O–H groups in total. The highest BCUT2D eigenvalue weighted by atomic mass is 16.6. The maximum absolute atomic E-state index is 11.5. The minimum atomic E-state index is -0.615. The van der Waals surface area contributed by atoms with Gasteiger partial charge < -0.3 is 14.7 Å². The Morgan fingerprint density at radius 1 is 1.38 bits per heavy atom. The summed E-state index contributed by atoms with van der Waals surface area (Å²) in [6, 6.07) is 4.64. The van der Waals surface area contributed by atoms with Crippen molar-refractivity contribution in [3.8, 4) is 5.75 Å². The molecule has 0 aliphatic rings. The molecule has 0 fully saturated rings. The summed E-state index contributed by atoms with van der Waals surface area (Å²) < 4.78 is 4.58. The molecule has 0 radical (unpaired) electrons. The standard InChI is InChI=1S/C11H13NO4/c1-7-4-5-8(13)6-9(7)10(12-16-3)11(14)15-2/h4-6,13H,1-3H3/b12-10+.